The van der Waals surface area contributed by atoms with Crippen molar-refractivity contribution >= 4 is 17.6 Å². The van der Waals surface area contributed by atoms with E-state index in [4.69, 9.17) is 16.1 Å². The van der Waals surface area contributed by atoms with Crippen LogP contribution in [0.4, 0.5) is 9.18 Å². The lowest BCUT2D eigenvalue weighted by atomic mass is 10.2. The first-order chi connectivity index (χ1) is 13.0. The molecular formula is C18H21ClFN5O2. The van der Waals surface area contributed by atoms with Crippen LogP contribution < -0.4 is 0 Å². The number of hydrogen-bond donors (Lipinski definition) is 0. The zero-order valence-electron chi connectivity index (χ0n) is 15.1. The van der Waals surface area contributed by atoms with E-state index >= 15 is 0 Å². The molecule has 0 spiro atoms. The number of hydrogen-bond acceptors (Lipinski definition) is 5. The second-order valence-corrected chi connectivity index (χ2v) is 7.47. The Hall–Kier alpha value is -2.19. The first-order valence-electron chi connectivity index (χ1n) is 9.00. The number of carbonyl (C=O) groups excluding carboxylic acids is 1. The Bertz CT molecular complexity index is 845. The molecule has 2 aliphatic rings. The largest absolute Gasteiger partial charge is 0.337 e. The lowest BCUT2D eigenvalue weighted by Crippen LogP contribution is -2.40. The van der Waals surface area contributed by atoms with Gasteiger partial charge in [-0.25, -0.2) is 9.18 Å². The summed E-state index contributed by atoms with van der Waals surface area (Å²) in [6, 6.07) is 5.08. The van der Waals surface area contributed by atoms with Gasteiger partial charge < -0.3 is 14.3 Å². The van der Waals surface area contributed by atoms with Crippen molar-refractivity contribution < 1.29 is 13.7 Å². The van der Waals surface area contributed by atoms with Gasteiger partial charge in [-0.3, -0.25) is 4.90 Å². The fourth-order valence-corrected chi connectivity index (χ4v) is 3.88. The van der Waals surface area contributed by atoms with Gasteiger partial charge in [-0.15, -0.1) is 0 Å². The maximum absolute atomic E-state index is 13.6. The maximum atomic E-state index is 13.6. The summed E-state index contributed by atoms with van der Waals surface area (Å²) in [5.74, 6) is 0.630. The average Bonchev–Trinajstić information content (AvgIpc) is 3.34. The number of amides is 2. The molecule has 2 fully saturated rings. The molecule has 1 unspecified atom stereocenters. The van der Waals surface area contributed by atoms with Crippen molar-refractivity contribution in [2.45, 2.75) is 32.5 Å². The van der Waals surface area contributed by atoms with Crippen LogP contribution in [0.5, 0.6) is 0 Å². The zero-order valence-corrected chi connectivity index (χ0v) is 15.8. The van der Waals surface area contributed by atoms with Crippen LogP contribution in [0, 0.1) is 12.7 Å². The number of carbonyl (C=O) groups is 1. The van der Waals surface area contributed by atoms with Crippen molar-refractivity contribution in [3.05, 3.63) is 46.3 Å². The van der Waals surface area contributed by atoms with Crippen LogP contribution in [0.3, 0.4) is 0 Å². The van der Waals surface area contributed by atoms with E-state index in [9.17, 15) is 9.18 Å². The van der Waals surface area contributed by atoms with Crippen molar-refractivity contribution in [1.29, 1.82) is 0 Å². The summed E-state index contributed by atoms with van der Waals surface area (Å²) < 4.78 is 18.7. The Morgan fingerprint density at radius 1 is 1.30 bits per heavy atom. The van der Waals surface area contributed by atoms with Crippen molar-refractivity contribution in [3.8, 4) is 0 Å². The van der Waals surface area contributed by atoms with Crippen molar-refractivity contribution in [1.82, 2.24) is 24.8 Å². The van der Waals surface area contributed by atoms with E-state index in [1.807, 2.05) is 11.0 Å². The quantitative estimate of drug-likeness (QED) is 0.781. The van der Waals surface area contributed by atoms with Crippen LogP contribution in [0.15, 0.2) is 22.7 Å². The van der Waals surface area contributed by atoms with Crippen molar-refractivity contribution in [2.24, 2.45) is 0 Å². The van der Waals surface area contributed by atoms with Gasteiger partial charge >= 0.3 is 6.03 Å². The van der Waals surface area contributed by atoms with E-state index < -0.39 is 5.82 Å². The molecule has 1 aromatic carbocycles. The number of halogens is 2. The molecule has 1 atom stereocenters. The third kappa shape index (κ3) is 3.91. The molecule has 144 valence electrons. The SMILES string of the molecule is Cc1noc(CN2CCN(C3CCN(Cc4ccc(Cl)c(F)c4)C3)C2=O)n1. The van der Waals surface area contributed by atoms with Crippen LogP contribution in [-0.2, 0) is 13.1 Å². The van der Waals surface area contributed by atoms with E-state index in [1.54, 1.807) is 17.9 Å². The zero-order chi connectivity index (χ0) is 19.0. The molecule has 2 amide bonds. The highest BCUT2D eigenvalue weighted by atomic mass is 35.5. The van der Waals surface area contributed by atoms with Gasteiger partial charge in [0.15, 0.2) is 5.82 Å². The minimum atomic E-state index is -0.397. The molecule has 7 nitrogen and oxygen atoms in total. The molecule has 0 N–H and O–H groups in total. The Kier molecular flexibility index (Phi) is 5.01. The third-order valence-electron chi connectivity index (χ3n) is 5.10. The molecule has 0 bridgehead atoms. The summed E-state index contributed by atoms with van der Waals surface area (Å²) in [6.45, 7) is 5.75. The predicted molar refractivity (Wildman–Crippen MR) is 96.6 cm³/mol. The van der Waals surface area contributed by atoms with Crippen molar-refractivity contribution in [3.63, 3.8) is 0 Å². The Morgan fingerprint density at radius 3 is 2.89 bits per heavy atom. The Morgan fingerprint density at radius 2 is 2.15 bits per heavy atom. The van der Waals surface area contributed by atoms with Gasteiger partial charge in [-0.05, 0) is 31.0 Å². The van der Waals surface area contributed by atoms with Crippen LogP contribution in [0.1, 0.15) is 23.7 Å². The normalized spacial score (nSPS) is 20.9. The number of benzene rings is 1. The lowest BCUT2D eigenvalue weighted by Gasteiger charge is -2.24. The number of aryl methyl sites for hydroxylation is 1. The summed E-state index contributed by atoms with van der Waals surface area (Å²) in [7, 11) is 0. The second-order valence-electron chi connectivity index (χ2n) is 7.06. The Labute approximate surface area is 161 Å². The fraction of sp³-hybridized carbons (Fsp3) is 0.500. The van der Waals surface area contributed by atoms with E-state index in [0.29, 0.717) is 37.9 Å². The first-order valence-corrected chi connectivity index (χ1v) is 9.38. The van der Waals surface area contributed by atoms with E-state index in [0.717, 1.165) is 25.1 Å². The molecule has 9 heteroatoms. The summed E-state index contributed by atoms with van der Waals surface area (Å²) in [5.41, 5.74) is 0.888. The maximum Gasteiger partial charge on any atom is 0.320 e. The average molecular weight is 394 g/mol. The number of nitrogens with zero attached hydrogens (tertiary/aromatic N) is 5. The standard InChI is InChI=1S/C18H21ClFN5O2/c1-12-21-17(27-22-12)11-24-6-7-25(18(24)26)14-4-5-23(10-14)9-13-2-3-15(19)16(20)8-13/h2-3,8,14H,4-7,9-11H2,1H3. The number of aromatic nitrogens is 2. The van der Waals surface area contributed by atoms with E-state index in [-0.39, 0.29) is 17.1 Å². The Balaban J connectivity index is 1.33. The van der Waals surface area contributed by atoms with E-state index in [1.165, 1.54) is 6.07 Å². The van der Waals surface area contributed by atoms with Gasteiger partial charge in [0.25, 0.3) is 0 Å². The summed E-state index contributed by atoms with van der Waals surface area (Å²) in [5, 5.41) is 3.90. The first kappa shape index (κ1) is 18.2. The highest BCUT2D eigenvalue weighted by Gasteiger charge is 2.37. The minimum absolute atomic E-state index is 0.00948. The van der Waals surface area contributed by atoms with Gasteiger partial charge in [-0.1, -0.05) is 22.8 Å². The minimum Gasteiger partial charge on any atom is -0.337 e. The molecule has 2 aliphatic heterocycles. The topological polar surface area (TPSA) is 65.7 Å². The molecule has 2 saturated heterocycles. The number of likely N-dealkylation sites (tertiary alicyclic amines) is 1. The third-order valence-corrected chi connectivity index (χ3v) is 5.41. The highest BCUT2D eigenvalue weighted by Crippen LogP contribution is 2.24. The molecule has 1 aromatic heterocycles. The molecule has 2 aromatic rings. The van der Waals surface area contributed by atoms with Crippen molar-refractivity contribution in [2.75, 3.05) is 26.2 Å². The van der Waals surface area contributed by atoms with Gasteiger partial charge in [-0.2, -0.15) is 4.98 Å². The number of rotatable bonds is 5. The molecule has 0 aliphatic carbocycles. The molecule has 0 radical (unpaired) electrons. The van der Waals surface area contributed by atoms with Crippen LogP contribution in [0.2, 0.25) is 5.02 Å². The summed E-state index contributed by atoms with van der Waals surface area (Å²) in [4.78, 5) is 22.8. The predicted octanol–water partition coefficient (Wildman–Crippen LogP) is 2.68. The summed E-state index contributed by atoms with van der Waals surface area (Å²) >= 11 is 5.74. The molecule has 0 saturated carbocycles. The van der Waals surface area contributed by atoms with Crippen LogP contribution in [-0.4, -0.2) is 63.1 Å². The van der Waals surface area contributed by atoms with Crippen LogP contribution >= 0.6 is 11.6 Å². The van der Waals surface area contributed by atoms with E-state index in [2.05, 4.69) is 15.0 Å². The van der Waals surface area contributed by atoms with Gasteiger partial charge in [0.05, 0.1) is 5.02 Å². The highest BCUT2D eigenvalue weighted by molar-refractivity contribution is 6.30. The molecule has 3 heterocycles. The number of urea groups is 1. The summed E-state index contributed by atoms with van der Waals surface area (Å²) in [6.07, 6.45) is 0.912. The van der Waals surface area contributed by atoms with Crippen LogP contribution in [0.25, 0.3) is 0 Å². The molecule has 4 rings (SSSR count). The lowest BCUT2D eigenvalue weighted by molar-refractivity contribution is 0.170. The van der Waals surface area contributed by atoms with Gasteiger partial charge in [0.1, 0.15) is 12.4 Å². The monoisotopic (exact) mass is 393 g/mol. The second kappa shape index (κ2) is 7.44. The van der Waals surface area contributed by atoms with Gasteiger partial charge in [0.2, 0.25) is 5.89 Å². The smallest absolute Gasteiger partial charge is 0.320 e. The molecular weight excluding hydrogens is 373 g/mol. The molecule has 27 heavy (non-hydrogen) atoms. The van der Waals surface area contributed by atoms with Gasteiger partial charge in [0, 0.05) is 38.8 Å². The fourth-order valence-electron chi connectivity index (χ4n) is 3.76.